The number of nitrogens with zero attached hydrogens (tertiary/aromatic N) is 1. The van der Waals surface area contributed by atoms with Crippen LogP contribution < -0.4 is 5.32 Å². The van der Waals surface area contributed by atoms with Crippen LogP contribution in [0.2, 0.25) is 0 Å². The molecule has 0 unspecified atom stereocenters. The molecule has 1 aromatic heterocycles. The summed E-state index contributed by atoms with van der Waals surface area (Å²) in [6, 6.07) is -1.14. The third kappa shape index (κ3) is 2.80. The first kappa shape index (κ1) is 12.2. The third-order valence-electron chi connectivity index (χ3n) is 1.97. The quantitative estimate of drug-likeness (QED) is 0.629. The van der Waals surface area contributed by atoms with Crippen LogP contribution in [0.5, 0.6) is 0 Å². The van der Waals surface area contributed by atoms with Crippen molar-refractivity contribution in [3.63, 3.8) is 0 Å². The van der Waals surface area contributed by atoms with Gasteiger partial charge in [0.1, 0.15) is 6.04 Å². The van der Waals surface area contributed by atoms with E-state index in [0.717, 1.165) is 6.39 Å². The molecule has 1 heterocycles. The molecule has 88 valence electrons. The molecular weight excluding hydrogens is 216 g/mol. The molecule has 1 amide bonds. The van der Waals surface area contributed by atoms with Crippen LogP contribution in [0.1, 0.15) is 22.7 Å². The van der Waals surface area contributed by atoms with E-state index in [2.05, 4.69) is 10.3 Å². The molecule has 7 nitrogen and oxygen atoms in total. The Morgan fingerprint density at radius 3 is 2.75 bits per heavy atom. The van der Waals surface area contributed by atoms with Gasteiger partial charge in [-0.2, -0.15) is 0 Å². The van der Waals surface area contributed by atoms with Crippen molar-refractivity contribution in [2.45, 2.75) is 19.4 Å². The Labute approximate surface area is 91.1 Å². The molecule has 7 heteroatoms. The van der Waals surface area contributed by atoms with Gasteiger partial charge in [0, 0.05) is 13.0 Å². The van der Waals surface area contributed by atoms with Crippen LogP contribution in [0.3, 0.4) is 0 Å². The summed E-state index contributed by atoms with van der Waals surface area (Å²) in [5.41, 5.74) is 0.380. The Bertz CT molecular complexity index is 387. The molecule has 16 heavy (non-hydrogen) atoms. The molecule has 0 aliphatic carbocycles. The number of carbonyl (C=O) groups is 2. The second-order valence-corrected chi connectivity index (χ2v) is 3.14. The summed E-state index contributed by atoms with van der Waals surface area (Å²) in [7, 11) is 0. The van der Waals surface area contributed by atoms with Crippen molar-refractivity contribution in [1.29, 1.82) is 0 Å². The third-order valence-corrected chi connectivity index (χ3v) is 1.97. The highest BCUT2D eigenvalue weighted by atomic mass is 16.4. The summed E-state index contributed by atoms with van der Waals surface area (Å²) in [4.78, 5) is 25.9. The molecule has 1 aromatic rings. The zero-order valence-corrected chi connectivity index (χ0v) is 8.64. The number of hydrogen-bond donors (Lipinski definition) is 3. The largest absolute Gasteiger partial charge is 0.480 e. The van der Waals surface area contributed by atoms with Crippen LogP contribution in [-0.4, -0.2) is 39.7 Å². The number of aromatic nitrogens is 1. The summed E-state index contributed by atoms with van der Waals surface area (Å²) in [6.07, 6.45) is 1.04. The first-order valence-corrected chi connectivity index (χ1v) is 4.61. The number of rotatable bonds is 5. The first-order chi connectivity index (χ1) is 7.56. The topological polar surface area (TPSA) is 113 Å². The molecule has 0 aliphatic heterocycles. The number of aliphatic carboxylic acids is 1. The van der Waals surface area contributed by atoms with Crippen molar-refractivity contribution in [2.24, 2.45) is 0 Å². The van der Waals surface area contributed by atoms with Crippen LogP contribution >= 0.6 is 0 Å². The summed E-state index contributed by atoms with van der Waals surface area (Å²) >= 11 is 0. The van der Waals surface area contributed by atoms with Gasteiger partial charge in [-0.1, -0.05) is 0 Å². The number of amides is 1. The van der Waals surface area contributed by atoms with E-state index in [4.69, 9.17) is 14.6 Å². The fourth-order valence-corrected chi connectivity index (χ4v) is 1.13. The van der Waals surface area contributed by atoms with Gasteiger partial charge in [0.2, 0.25) is 5.76 Å². The van der Waals surface area contributed by atoms with E-state index in [1.54, 1.807) is 6.92 Å². The summed E-state index contributed by atoms with van der Waals surface area (Å²) in [5.74, 6) is -1.89. The molecule has 0 aromatic carbocycles. The van der Waals surface area contributed by atoms with Crippen molar-refractivity contribution in [1.82, 2.24) is 10.3 Å². The van der Waals surface area contributed by atoms with E-state index in [1.165, 1.54) is 0 Å². The fourth-order valence-electron chi connectivity index (χ4n) is 1.13. The Kier molecular flexibility index (Phi) is 4.01. The predicted octanol–water partition coefficient (Wildman–Crippen LogP) is -0.452. The number of aliphatic hydroxyl groups excluding tert-OH is 1. The standard InChI is InChI=1S/C9H12N2O5/c1-5-7(16-4-10-5)8(13)11-6(2-3-12)9(14)15/h4,6,12H,2-3H2,1H3,(H,11,13)(H,14,15)/t6-/m1/s1. The van der Waals surface area contributed by atoms with Crippen molar-refractivity contribution < 1.29 is 24.2 Å². The SMILES string of the molecule is Cc1ncoc1C(=O)N[C@H](CCO)C(=O)O. The number of nitrogens with one attached hydrogen (secondary N) is 1. The lowest BCUT2D eigenvalue weighted by Gasteiger charge is -2.11. The van der Waals surface area contributed by atoms with Crippen molar-refractivity contribution in [3.05, 3.63) is 17.8 Å². The first-order valence-electron chi connectivity index (χ1n) is 4.61. The van der Waals surface area contributed by atoms with Gasteiger partial charge in [-0.05, 0) is 6.92 Å². The Hall–Kier alpha value is -1.89. The number of aryl methyl sites for hydroxylation is 1. The summed E-state index contributed by atoms with van der Waals surface area (Å²) in [5, 5.41) is 19.6. The van der Waals surface area contributed by atoms with Gasteiger partial charge in [0.25, 0.3) is 5.91 Å². The highest BCUT2D eigenvalue weighted by molar-refractivity contribution is 5.94. The van der Waals surface area contributed by atoms with E-state index in [-0.39, 0.29) is 18.8 Å². The van der Waals surface area contributed by atoms with Gasteiger partial charge in [-0.3, -0.25) is 4.79 Å². The molecule has 0 aliphatic rings. The number of hydrogen-bond acceptors (Lipinski definition) is 5. The van der Waals surface area contributed by atoms with E-state index >= 15 is 0 Å². The monoisotopic (exact) mass is 228 g/mol. The zero-order valence-electron chi connectivity index (χ0n) is 8.64. The number of oxazole rings is 1. The van der Waals surface area contributed by atoms with E-state index in [9.17, 15) is 9.59 Å². The lowest BCUT2D eigenvalue weighted by atomic mass is 10.2. The smallest absolute Gasteiger partial charge is 0.326 e. The van der Waals surface area contributed by atoms with Crippen molar-refractivity contribution >= 4 is 11.9 Å². The minimum atomic E-state index is -1.21. The molecule has 0 radical (unpaired) electrons. The van der Waals surface area contributed by atoms with Crippen LogP contribution in [-0.2, 0) is 4.79 Å². The minimum absolute atomic E-state index is 0.0239. The summed E-state index contributed by atoms with van der Waals surface area (Å²) < 4.78 is 4.81. The maximum atomic E-state index is 11.5. The molecule has 3 N–H and O–H groups in total. The van der Waals surface area contributed by atoms with Crippen LogP contribution in [0.4, 0.5) is 0 Å². The van der Waals surface area contributed by atoms with Gasteiger partial charge in [0.05, 0.1) is 5.69 Å². The second-order valence-electron chi connectivity index (χ2n) is 3.14. The molecule has 1 rings (SSSR count). The van der Waals surface area contributed by atoms with E-state index in [1.807, 2.05) is 0 Å². The molecule has 1 atom stereocenters. The van der Waals surface area contributed by atoms with Crippen LogP contribution in [0.15, 0.2) is 10.8 Å². The van der Waals surface area contributed by atoms with E-state index < -0.39 is 17.9 Å². The van der Waals surface area contributed by atoms with Gasteiger partial charge in [0.15, 0.2) is 6.39 Å². The molecule has 0 spiro atoms. The molecule has 0 saturated carbocycles. The number of aliphatic hydroxyl groups is 1. The highest BCUT2D eigenvalue weighted by Gasteiger charge is 2.22. The Morgan fingerprint density at radius 2 is 2.31 bits per heavy atom. The molecule has 0 bridgehead atoms. The van der Waals surface area contributed by atoms with Gasteiger partial charge < -0.3 is 19.9 Å². The normalized spacial score (nSPS) is 12.1. The Balaban J connectivity index is 2.69. The molecular formula is C9H12N2O5. The van der Waals surface area contributed by atoms with Gasteiger partial charge >= 0.3 is 5.97 Å². The molecule has 0 saturated heterocycles. The second kappa shape index (κ2) is 5.26. The van der Waals surface area contributed by atoms with Gasteiger partial charge in [-0.25, -0.2) is 9.78 Å². The zero-order chi connectivity index (χ0) is 12.1. The van der Waals surface area contributed by atoms with Crippen LogP contribution in [0.25, 0.3) is 0 Å². The van der Waals surface area contributed by atoms with Crippen molar-refractivity contribution in [2.75, 3.05) is 6.61 Å². The van der Waals surface area contributed by atoms with Crippen LogP contribution in [0, 0.1) is 6.92 Å². The lowest BCUT2D eigenvalue weighted by molar-refractivity contribution is -0.139. The Morgan fingerprint density at radius 1 is 1.62 bits per heavy atom. The highest BCUT2D eigenvalue weighted by Crippen LogP contribution is 2.05. The lowest BCUT2D eigenvalue weighted by Crippen LogP contribution is -2.41. The average Bonchev–Trinajstić information content (AvgIpc) is 2.63. The fraction of sp³-hybridized carbons (Fsp3) is 0.444. The number of carboxylic acids is 1. The maximum Gasteiger partial charge on any atom is 0.326 e. The number of carboxylic acid groups (broad SMARTS) is 1. The predicted molar refractivity (Wildman–Crippen MR) is 51.8 cm³/mol. The molecule has 0 fully saturated rings. The van der Waals surface area contributed by atoms with E-state index in [0.29, 0.717) is 5.69 Å². The van der Waals surface area contributed by atoms with Gasteiger partial charge in [-0.15, -0.1) is 0 Å². The maximum absolute atomic E-state index is 11.5. The summed E-state index contributed by atoms with van der Waals surface area (Å²) in [6.45, 7) is 1.24. The minimum Gasteiger partial charge on any atom is -0.480 e. The number of carbonyl (C=O) groups excluding carboxylic acids is 1. The average molecular weight is 228 g/mol. The van der Waals surface area contributed by atoms with Crippen molar-refractivity contribution in [3.8, 4) is 0 Å².